The van der Waals surface area contributed by atoms with Gasteiger partial charge in [-0.15, -0.1) is 24.8 Å². The second-order valence-corrected chi connectivity index (χ2v) is 34.0. The molecule has 5 aromatic rings. The SMILES string of the molecule is COC(=O)C(c1ccccc1)C1CCCCN1.COC(=O)C(c1ccccc1)C1CCCCN1C(=O)OCCl.COC(=O)C(c1ccccc1)C1CCCCN1C(=O)OCI.COC(=O)C(c1ccccc1)C1CCCCN1C(=O)OCOC(=O)CCCCCN.COC(=O)C(c1ccccc1)C1CCCCN1C(=O)OCOC(=O)CCCCCNC(=O)OC(C)(C)C.Cl.Cl.O=C(Cl)OCCl.[I-].[Na+]. The average Bonchev–Trinajstić information content (AvgIpc) is 0.816. The number of nitrogens with zero attached hydrogens (tertiary/aromatic N) is 4. The van der Waals surface area contributed by atoms with E-state index >= 15 is 0 Å². The van der Waals surface area contributed by atoms with Gasteiger partial charge < -0.3 is 122 Å². The van der Waals surface area contributed by atoms with E-state index in [-0.39, 0.29) is 157 Å². The Labute approximate surface area is 890 Å². The van der Waals surface area contributed by atoms with Gasteiger partial charge in [0.15, 0.2) is 12.1 Å². The molecule has 10 unspecified atom stereocenters. The molecule has 0 bridgehead atoms. The smallest absolute Gasteiger partial charge is 1.00 e. The molecule has 5 saturated heterocycles. The summed E-state index contributed by atoms with van der Waals surface area (Å²) in [7, 11) is 6.88. The molecule has 33 nitrogen and oxygen atoms in total. The predicted octanol–water partition coefficient (Wildman–Crippen LogP) is 12.4. The van der Waals surface area contributed by atoms with Crippen LogP contribution < -0.4 is 69.9 Å². The molecule has 5 amide bonds. The van der Waals surface area contributed by atoms with Crippen molar-refractivity contribution in [2.75, 3.05) is 112 Å². The van der Waals surface area contributed by atoms with Crippen LogP contribution in [0.5, 0.6) is 0 Å². The van der Waals surface area contributed by atoms with Crippen LogP contribution in [0.1, 0.15) is 226 Å². The third-order valence-electron chi connectivity index (χ3n) is 22.6. The van der Waals surface area contributed by atoms with Crippen LogP contribution >= 0.6 is 82.2 Å². The number of ether oxygens (including phenoxy) is 13. The number of likely N-dealkylation sites (tertiary alicyclic amines) is 4. The largest absolute Gasteiger partial charge is 1.00 e. The molecule has 5 aliphatic heterocycles. The third-order valence-corrected chi connectivity index (χ3v) is 23.3. The van der Waals surface area contributed by atoms with Crippen LogP contribution in [0.15, 0.2) is 152 Å². The number of nitrogens with one attached hydrogen (secondary N) is 2. The maximum atomic E-state index is 12.8. The number of nitrogens with two attached hydrogens (primary N) is 1. The Morgan fingerprint density at radius 3 is 0.978 bits per heavy atom. The van der Waals surface area contributed by atoms with Gasteiger partial charge in [-0.05, 0) is 200 Å². The Morgan fingerprint density at radius 1 is 0.406 bits per heavy atom. The van der Waals surface area contributed by atoms with Crippen LogP contribution in [0.2, 0.25) is 0 Å². The van der Waals surface area contributed by atoms with Gasteiger partial charge in [0.25, 0.3) is 0 Å². The van der Waals surface area contributed by atoms with E-state index in [1.165, 1.54) is 53.3 Å². The molecule has 5 fully saturated rings. The van der Waals surface area contributed by atoms with Gasteiger partial charge in [0, 0.05) is 63.2 Å². The fourth-order valence-electron chi connectivity index (χ4n) is 16.4. The summed E-state index contributed by atoms with van der Waals surface area (Å²) in [5.41, 5.74) is 8.31. The first kappa shape index (κ1) is 128. The van der Waals surface area contributed by atoms with Crippen LogP contribution in [0.3, 0.4) is 0 Å². The van der Waals surface area contributed by atoms with E-state index in [1.54, 1.807) is 35.5 Å². The van der Waals surface area contributed by atoms with Crippen molar-refractivity contribution in [3.63, 3.8) is 0 Å². The maximum absolute atomic E-state index is 12.8. The van der Waals surface area contributed by atoms with E-state index in [2.05, 4.69) is 27.0 Å². The zero-order valence-electron chi connectivity index (χ0n) is 80.1. The van der Waals surface area contributed by atoms with Gasteiger partial charge >= 0.3 is 107 Å². The van der Waals surface area contributed by atoms with Gasteiger partial charge in [0.05, 0.1) is 65.6 Å². The van der Waals surface area contributed by atoms with E-state index in [4.69, 9.17) is 85.8 Å². The number of rotatable bonds is 33. The molecule has 138 heavy (non-hydrogen) atoms. The third kappa shape index (κ3) is 46.4. The number of unbranched alkanes of at least 4 members (excludes halogenated alkanes) is 4. The van der Waals surface area contributed by atoms with Crippen molar-refractivity contribution < 1.29 is 177 Å². The Kier molecular flexibility index (Phi) is 68.7. The number of methoxy groups -OCH3 is 5. The van der Waals surface area contributed by atoms with E-state index in [0.29, 0.717) is 82.4 Å². The Bertz CT molecular complexity index is 4240. The fraction of sp³-hybridized carbons (Fsp3) is 0.557. The van der Waals surface area contributed by atoms with Crippen molar-refractivity contribution in [2.45, 2.75) is 234 Å². The molecule has 0 saturated carbocycles. The second-order valence-electron chi connectivity index (χ2n) is 32.6. The number of carbonyl (C=O) groups is 13. The molecule has 5 aromatic carbocycles. The predicted molar refractivity (Wildman–Crippen MR) is 524 cm³/mol. The van der Waals surface area contributed by atoms with Gasteiger partial charge in [0.1, 0.15) is 33.9 Å². The van der Waals surface area contributed by atoms with E-state index in [1.807, 2.05) is 174 Å². The maximum Gasteiger partial charge on any atom is 1.00 e. The summed E-state index contributed by atoms with van der Waals surface area (Å²) in [6.07, 6.45) is 15.6. The van der Waals surface area contributed by atoms with Crippen molar-refractivity contribution in [1.29, 1.82) is 0 Å². The Balaban J connectivity index is 0.000000860. The first-order chi connectivity index (χ1) is 64.7. The van der Waals surface area contributed by atoms with E-state index in [9.17, 15) is 62.3 Å². The number of carbonyl (C=O) groups excluding carboxylic acids is 13. The van der Waals surface area contributed by atoms with Crippen LogP contribution in [-0.4, -0.2) is 245 Å². The normalized spacial score (nSPS) is 17.3. The summed E-state index contributed by atoms with van der Waals surface area (Å²) in [4.78, 5) is 163. The number of benzene rings is 5. The Morgan fingerprint density at radius 2 is 0.703 bits per heavy atom. The molecule has 5 aliphatic rings. The Hall–Kier alpha value is -7.96. The minimum Gasteiger partial charge on any atom is -1.00 e. The summed E-state index contributed by atoms with van der Waals surface area (Å²) in [5.74, 6) is -4.91. The minimum atomic E-state index is -0.870. The first-order valence-electron chi connectivity index (χ1n) is 45.3. The van der Waals surface area contributed by atoms with Gasteiger partial charge in [-0.3, -0.25) is 33.6 Å². The van der Waals surface area contributed by atoms with Crippen molar-refractivity contribution in [1.82, 2.24) is 30.2 Å². The quantitative estimate of drug-likeness (QED) is 0.00513. The van der Waals surface area contributed by atoms with Crippen LogP contribution in [0.25, 0.3) is 0 Å². The molecule has 0 spiro atoms. The van der Waals surface area contributed by atoms with Crippen molar-refractivity contribution in [3.05, 3.63) is 179 Å². The first-order valence-corrected chi connectivity index (χ1v) is 48.2. The molecule has 0 radical (unpaired) electrons. The zero-order chi connectivity index (χ0) is 98.0. The molecule has 0 aliphatic carbocycles. The summed E-state index contributed by atoms with van der Waals surface area (Å²) in [6.45, 7) is 8.57. The molecule has 5 heterocycles. The average molecular weight is 2270 g/mol. The number of piperidine rings is 5. The number of alkyl carbamates (subject to hydrolysis) is 1. The standard InChI is InChI=1S/C27H40N2O8.C22H32N2O6.C16H20ClNO4.C16H20INO4.C14H19NO2.C2H2Cl2O2.2ClH.HI.Na/c1-27(2,3)37-25(32)28-17-11-6-9-16-22(30)35-19-36-26(33)29-18-12-10-15-21(29)23(24(31)34-4)20-13-7-5-8-14-20;1-28-21(26)20(17-10-4-2-5-11-17)18-12-7-9-15-24(18)22(27)30-16-29-19(25)13-6-3-8-14-23;2*1-21-15(19)14(12-7-3-2-4-8-12)13-9-5-6-10-18(13)16(20)22-11-17;1-17-14(16)13(11-7-3-2-4-8-11)12-9-5-6-10-15-12;3-1-6-2(4)5;;;;/h5,7-8,13-14,21,23H,6,9-12,15-19H2,1-4H3,(H,28,32);2,4-5,10-11,18,20H,3,6-9,12-16,23H2,1H3;2*2-4,7-8,13-14H,5-6,9-11H2,1H3;2-4,7-8,12-13,15H,5-6,9-10H2,1H3;1H2;3*1H;/q;;;;;;;;;+1/p-1. The molecule has 10 rings (SSSR count). The topological polar surface area (TPSA) is 405 Å². The summed E-state index contributed by atoms with van der Waals surface area (Å²) in [6, 6.07) is 45.8. The second kappa shape index (κ2) is 74.0. The van der Waals surface area contributed by atoms with Crippen LogP contribution in [0, 0.1) is 0 Å². The van der Waals surface area contributed by atoms with Gasteiger partial charge in [-0.1, -0.05) is 194 Å². The van der Waals surface area contributed by atoms with Crippen molar-refractivity contribution in [2.24, 2.45) is 5.73 Å². The molecule has 10 atom stereocenters. The molecule has 41 heteroatoms. The monoisotopic (exact) mass is 2270 g/mol. The molecule has 0 aromatic heterocycles. The number of hydrogen-bond donors (Lipinski definition) is 3. The van der Waals surface area contributed by atoms with Gasteiger partial charge in [-0.25, -0.2) is 28.8 Å². The molecule has 4 N–H and O–H groups in total. The summed E-state index contributed by atoms with van der Waals surface area (Å²) >= 11 is 17.0. The van der Waals surface area contributed by atoms with Gasteiger partial charge in [-0.2, -0.15) is 0 Å². The zero-order valence-corrected chi connectivity index (χ0v) is 90.4. The van der Waals surface area contributed by atoms with Gasteiger partial charge in [0.2, 0.25) is 13.6 Å². The van der Waals surface area contributed by atoms with Crippen LogP contribution in [0.4, 0.5) is 28.8 Å². The van der Waals surface area contributed by atoms with E-state index < -0.39 is 103 Å². The van der Waals surface area contributed by atoms with E-state index in [0.717, 1.165) is 118 Å². The summed E-state index contributed by atoms with van der Waals surface area (Å²) < 4.78 is 64.9. The molecule has 764 valence electrons. The molecular weight excluding hydrogens is 2130 g/mol. The van der Waals surface area contributed by atoms with Crippen molar-refractivity contribution >= 4 is 160 Å². The van der Waals surface area contributed by atoms with Crippen molar-refractivity contribution in [3.8, 4) is 0 Å². The fourth-order valence-corrected chi connectivity index (χ4v) is 17.0. The molecular formula is C97H135Cl5I2N7NaO26. The number of esters is 7. The number of amides is 5. The number of halogens is 7. The van der Waals surface area contributed by atoms with Crippen LogP contribution in [-0.2, 0) is 95.1 Å². The summed E-state index contributed by atoms with van der Waals surface area (Å²) in [5, 5.41) is 6.10. The number of alkyl halides is 3. The minimum absolute atomic E-state index is 0. The number of hydrogen-bond acceptors (Lipinski definition) is 28.